The van der Waals surface area contributed by atoms with Crippen molar-refractivity contribution >= 4 is 11.9 Å². The SMILES string of the molecule is CC(OC(=O)CCCCCCC(=O)OC(C)C(C)(C)C#N)C(C)(C)C#N. The van der Waals surface area contributed by atoms with Crippen LogP contribution in [0.5, 0.6) is 0 Å². The van der Waals surface area contributed by atoms with Crippen molar-refractivity contribution in [3.05, 3.63) is 0 Å². The van der Waals surface area contributed by atoms with Gasteiger partial charge in [-0.05, 0) is 54.4 Å². The standard InChI is InChI=1S/C20H32N2O4/c1-15(19(3,4)13-21)25-17(23)11-9-7-8-10-12-18(24)26-16(2)20(5,6)14-22/h15-16H,7-12H2,1-6H3. The Hall–Kier alpha value is -2.08. The molecular weight excluding hydrogens is 332 g/mol. The number of carbonyl (C=O) groups excluding carboxylic acids is 2. The van der Waals surface area contributed by atoms with Crippen LogP contribution < -0.4 is 0 Å². The Morgan fingerprint density at radius 1 is 0.769 bits per heavy atom. The average molecular weight is 364 g/mol. The van der Waals surface area contributed by atoms with Gasteiger partial charge in [0.15, 0.2) is 0 Å². The Kier molecular flexibility index (Phi) is 9.94. The van der Waals surface area contributed by atoms with Crippen LogP contribution in [0, 0.1) is 33.5 Å². The first-order valence-electron chi connectivity index (χ1n) is 9.17. The van der Waals surface area contributed by atoms with Gasteiger partial charge in [0.25, 0.3) is 0 Å². The van der Waals surface area contributed by atoms with E-state index >= 15 is 0 Å². The Morgan fingerprint density at radius 2 is 1.08 bits per heavy atom. The second-order valence-electron chi connectivity index (χ2n) is 7.85. The van der Waals surface area contributed by atoms with Crippen LogP contribution in [0.4, 0.5) is 0 Å². The Balaban J connectivity index is 3.89. The highest BCUT2D eigenvalue weighted by Crippen LogP contribution is 2.23. The summed E-state index contributed by atoms with van der Waals surface area (Å²) in [6, 6.07) is 4.26. The zero-order valence-corrected chi connectivity index (χ0v) is 16.9. The molecule has 0 N–H and O–H groups in total. The Bertz CT molecular complexity index is 505. The van der Waals surface area contributed by atoms with E-state index in [9.17, 15) is 9.59 Å². The number of carbonyl (C=O) groups is 2. The first kappa shape index (κ1) is 23.9. The summed E-state index contributed by atoms with van der Waals surface area (Å²) in [6.45, 7) is 10.4. The number of esters is 2. The summed E-state index contributed by atoms with van der Waals surface area (Å²) in [5.41, 5.74) is -1.40. The first-order chi connectivity index (χ1) is 12.0. The minimum absolute atomic E-state index is 0.298. The maximum atomic E-state index is 11.8. The van der Waals surface area contributed by atoms with Gasteiger partial charge >= 0.3 is 11.9 Å². The van der Waals surface area contributed by atoms with Crippen molar-refractivity contribution in [2.24, 2.45) is 10.8 Å². The van der Waals surface area contributed by atoms with Crippen molar-refractivity contribution in [1.82, 2.24) is 0 Å². The van der Waals surface area contributed by atoms with Crippen LogP contribution in [0.2, 0.25) is 0 Å². The third-order valence-electron chi connectivity index (χ3n) is 4.74. The fraction of sp³-hybridized carbons (Fsp3) is 0.800. The van der Waals surface area contributed by atoms with Crippen molar-refractivity contribution < 1.29 is 19.1 Å². The minimum Gasteiger partial charge on any atom is -0.461 e. The predicted molar refractivity (Wildman–Crippen MR) is 97.6 cm³/mol. The fourth-order valence-electron chi connectivity index (χ4n) is 1.88. The van der Waals surface area contributed by atoms with Crippen molar-refractivity contribution in [3.8, 4) is 12.1 Å². The monoisotopic (exact) mass is 364 g/mol. The quantitative estimate of drug-likeness (QED) is 0.400. The highest BCUT2D eigenvalue weighted by molar-refractivity contribution is 5.70. The number of rotatable bonds is 11. The van der Waals surface area contributed by atoms with Gasteiger partial charge in [0.1, 0.15) is 12.2 Å². The van der Waals surface area contributed by atoms with Crippen LogP contribution in [-0.4, -0.2) is 24.1 Å². The Labute approximate surface area is 157 Å². The maximum Gasteiger partial charge on any atom is 0.306 e. The number of nitrogens with zero attached hydrogens (tertiary/aromatic N) is 2. The van der Waals surface area contributed by atoms with E-state index in [2.05, 4.69) is 12.1 Å². The van der Waals surface area contributed by atoms with Crippen molar-refractivity contribution in [3.63, 3.8) is 0 Å². The normalized spacial score (nSPS) is 13.8. The average Bonchev–Trinajstić information content (AvgIpc) is 2.57. The molecule has 0 saturated carbocycles. The zero-order valence-electron chi connectivity index (χ0n) is 16.9. The van der Waals surface area contributed by atoms with Crippen LogP contribution >= 0.6 is 0 Å². The van der Waals surface area contributed by atoms with E-state index in [0.29, 0.717) is 25.7 Å². The molecule has 0 spiro atoms. The summed E-state index contributed by atoms with van der Waals surface area (Å²) < 4.78 is 10.6. The molecule has 0 bridgehead atoms. The molecule has 0 heterocycles. The number of nitriles is 2. The lowest BCUT2D eigenvalue weighted by molar-refractivity contribution is -0.153. The minimum atomic E-state index is -0.701. The highest BCUT2D eigenvalue weighted by Gasteiger charge is 2.29. The van der Waals surface area contributed by atoms with E-state index in [1.165, 1.54) is 0 Å². The molecule has 0 aliphatic heterocycles. The molecule has 0 amide bonds. The topological polar surface area (TPSA) is 100 Å². The van der Waals surface area contributed by atoms with Gasteiger partial charge in [-0.2, -0.15) is 10.5 Å². The molecule has 0 aliphatic rings. The first-order valence-corrected chi connectivity index (χ1v) is 9.17. The van der Waals surface area contributed by atoms with Gasteiger partial charge in [0.2, 0.25) is 0 Å². The van der Waals surface area contributed by atoms with Gasteiger partial charge in [-0.1, -0.05) is 12.8 Å². The number of hydrogen-bond donors (Lipinski definition) is 0. The summed E-state index contributed by atoms with van der Waals surface area (Å²) in [4.78, 5) is 23.5. The van der Waals surface area contributed by atoms with Gasteiger partial charge in [-0.25, -0.2) is 0 Å². The van der Waals surface area contributed by atoms with E-state index in [0.717, 1.165) is 12.8 Å². The molecule has 0 aromatic carbocycles. The molecule has 0 fully saturated rings. The summed E-state index contributed by atoms with van der Waals surface area (Å²) in [7, 11) is 0. The fourth-order valence-corrected chi connectivity index (χ4v) is 1.88. The molecule has 0 aliphatic carbocycles. The molecule has 0 aromatic rings. The van der Waals surface area contributed by atoms with Crippen LogP contribution in [0.25, 0.3) is 0 Å². The predicted octanol–water partition coefficient (Wildman–Crippen LogP) is 4.29. The molecule has 26 heavy (non-hydrogen) atoms. The van der Waals surface area contributed by atoms with E-state index in [1.54, 1.807) is 41.5 Å². The van der Waals surface area contributed by atoms with Crippen LogP contribution in [0.15, 0.2) is 0 Å². The van der Waals surface area contributed by atoms with Crippen LogP contribution in [0.1, 0.15) is 80.1 Å². The van der Waals surface area contributed by atoms with Gasteiger partial charge in [0, 0.05) is 12.8 Å². The van der Waals surface area contributed by atoms with Gasteiger partial charge in [-0.3, -0.25) is 9.59 Å². The van der Waals surface area contributed by atoms with Crippen molar-refractivity contribution in [2.75, 3.05) is 0 Å². The molecule has 0 saturated heterocycles. The zero-order chi connectivity index (χ0) is 20.4. The highest BCUT2D eigenvalue weighted by atomic mass is 16.5. The second-order valence-corrected chi connectivity index (χ2v) is 7.85. The largest absolute Gasteiger partial charge is 0.461 e. The molecule has 6 nitrogen and oxygen atoms in total. The van der Waals surface area contributed by atoms with E-state index in [1.807, 2.05) is 0 Å². The van der Waals surface area contributed by atoms with Gasteiger partial charge < -0.3 is 9.47 Å². The smallest absolute Gasteiger partial charge is 0.306 e. The lowest BCUT2D eigenvalue weighted by Gasteiger charge is -2.24. The molecule has 0 radical (unpaired) electrons. The maximum absolute atomic E-state index is 11.8. The number of ether oxygens (including phenoxy) is 2. The third kappa shape index (κ3) is 8.85. The summed E-state index contributed by atoms with van der Waals surface area (Å²) in [6.07, 6.45) is 2.73. The molecule has 2 atom stereocenters. The molecule has 6 heteroatoms. The summed E-state index contributed by atoms with van der Waals surface area (Å²) in [5.74, 6) is -0.597. The van der Waals surface area contributed by atoms with Crippen molar-refractivity contribution in [2.45, 2.75) is 92.3 Å². The Morgan fingerprint density at radius 3 is 1.35 bits per heavy atom. The van der Waals surface area contributed by atoms with Crippen LogP contribution in [-0.2, 0) is 19.1 Å². The number of unbranched alkanes of at least 4 members (excludes halogenated alkanes) is 3. The van der Waals surface area contributed by atoms with E-state index < -0.39 is 23.0 Å². The van der Waals surface area contributed by atoms with Crippen LogP contribution in [0.3, 0.4) is 0 Å². The lowest BCUT2D eigenvalue weighted by Crippen LogP contribution is -2.30. The number of hydrogen-bond acceptors (Lipinski definition) is 6. The summed E-state index contributed by atoms with van der Waals surface area (Å²) in [5, 5.41) is 18.0. The molecular formula is C20H32N2O4. The molecule has 0 rings (SSSR count). The molecule has 2 unspecified atom stereocenters. The summed E-state index contributed by atoms with van der Waals surface area (Å²) >= 11 is 0. The van der Waals surface area contributed by atoms with Gasteiger partial charge in [-0.15, -0.1) is 0 Å². The van der Waals surface area contributed by atoms with E-state index in [4.69, 9.17) is 20.0 Å². The second kappa shape index (κ2) is 10.8. The molecule has 146 valence electrons. The molecule has 0 aromatic heterocycles. The lowest BCUT2D eigenvalue weighted by atomic mass is 9.89. The van der Waals surface area contributed by atoms with E-state index in [-0.39, 0.29) is 11.9 Å². The van der Waals surface area contributed by atoms with Gasteiger partial charge in [0.05, 0.1) is 23.0 Å². The van der Waals surface area contributed by atoms with Crippen molar-refractivity contribution in [1.29, 1.82) is 10.5 Å². The third-order valence-corrected chi connectivity index (χ3v) is 4.74.